The summed E-state index contributed by atoms with van der Waals surface area (Å²) in [6.45, 7) is 8.92. The van der Waals surface area contributed by atoms with Crippen LogP contribution in [-0.4, -0.2) is 88.0 Å². The number of nitrogens with one attached hydrogen (secondary N) is 4. The topological polar surface area (TPSA) is 176 Å². The summed E-state index contributed by atoms with van der Waals surface area (Å²) in [4.78, 5) is 46.5. The number of aromatic nitrogens is 5. The van der Waals surface area contributed by atoms with Crippen molar-refractivity contribution in [2.45, 2.75) is 64.5 Å². The smallest absolute Gasteiger partial charge is 0.407 e. The van der Waals surface area contributed by atoms with Crippen LogP contribution in [0.15, 0.2) is 66.9 Å². The Morgan fingerprint density at radius 1 is 0.962 bits per heavy atom. The number of anilines is 2. The number of ether oxygens (including phenoxy) is 2. The van der Waals surface area contributed by atoms with E-state index in [1.54, 1.807) is 24.3 Å². The Morgan fingerprint density at radius 3 is 2.42 bits per heavy atom. The second-order valence-corrected chi connectivity index (χ2v) is 14.4. The zero-order chi connectivity index (χ0) is 36.5. The molecule has 3 heterocycles. The van der Waals surface area contributed by atoms with E-state index in [2.05, 4.69) is 58.6 Å². The van der Waals surface area contributed by atoms with Crippen molar-refractivity contribution in [3.8, 4) is 22.5 Å². The normalized spacial score (nSPS) is 18.2. The van der Waals surface area contributed by atoms with Crippen LogP contribution in [0.2, 0.25) is 0 Å². The highest BCUT2D eigenvalue weighted by molar-refractivity contribution is 5.97. The Labute approximate surface area is 303 Å². The van der Waals surface area contributed by atoms with Gasteiger partial charge in [0, 0.05) is 49.4 Å². The largest absolute Gasteiger partial charge is 0.444 e. The molecule has 14 heteroatoms. The first-order chi connectivity index (χ1) is 25.1. The molecule has 1 unspecified atom stereocenters. The lowest BCUT2D eigenvalue weighted by atomic mass is 9.81. The molecule has 0 bridgehead atoms. The van der Waals surface area contributed by atoms with Gasteiger partial charge in [0.1, 0.15) is 17.5 Å². The van der Waals surface area contributed by atoms with Gasteiger partial charge in [-0.1, -0.05) is 24.3 Å². The van der Waals surface area contributed by atoms with Gasteiger partial charge in [-0.3, -0.25) is 9.59 Å². The average Bonchev–Trinajstić information content (AvgIpc) is 3.69. The van der Waals surface area contributed by atoms with E-state index in [0.29, 0.717) is 50.5 Å². The van der Waals surface area contributed by atoms with E-state index in [0.717, 1.165) is 54.0 Å². The third-order valence-electron chi connectivity index (χ3n) is 9.32. The molecule has 6 rings (SSSR count). The lowest BCUT2D eigenvalue weighted by Crippen LogP contribution is -2.48. The molecule has 0 radical (unpaired) electrons. The minimum Gasteiger partial charge on any atom is -0.444 e. The van der Waals surface area contributed by atoms with Gasteiger partial charge < -0.3 is 30.3 Å². The number of hydrogen-bond donors (Lipinski definition) is 4. The fraction of sp³-hybridized carbons (Fsp3) is 0.447. The molecule has 0 spiro atoms. The van der Waals surface area contributed by atoms with Crippen LogP contribution >= 0.6 is 0 Å². The van der Waals surface area contributed by atoms with Gasteiger partial charge in [0.05, 0.1) is 13.2 Å². The second kappa shape index (κ2) is 16.8. The van der Waals surface area contributed by atoms with Gasteiger partial charge in [0.25, 0.3) is 0 Å². The van der Waals surface area contributed by atoms with Crippen LogP contribution in [-0.2, 0) is 25.5 Å². The highest BCUT2D eigenvalue weighted by Crippen LogP contribution is 2.29. The van der Waals surface area contributed by atoms with E-state index in [1.165, 1.54) is 0 Å². The molecule has 2 aromatic heterocycles. The molecular formula is C38H47N9O5. The second-order valence-electron chi connectivity index (χ2n) is 14.4. The van der Waals surface area contributed by atoms with Crippen molar-refractivity contribution < 1.29 is 23.9 Å². The van der Waals surface area contributed by atoms with E-state index >= 15 is 0 Å². The molecule has 2 aromatic carbocycles. The first-order valence-electron chi connectivity index (χ1n) is 17.9. The predicted octanol–water partition coefficient (Wildman–Crippen LogP) is 4.76. The van der Waals surface area contributed by atoms with Crippen LogP contribution in [0.1, 0.15) is 52.0 Å². The third-order valence-corrected chi connectivity index (χ3v) is 9.32. The molecule has 1 saturated carbocycles. The van der Waals surface area contributed by atoms with Crippen LogP contribution < -0.4 is 20.9 Å². The molecule has 1 aliphatic carbocycles. The summed E-state index contributed by atoms with van der Waals surface area (Å²) in [5.41, 5.74) is 3.69. The number of pyridine rings is 1. The van der Waals surface area contributed by atoms with Gasteiger partial charge in [-0.2, -0.15) is 5.21 Å². The summed E-state index contributed by atoms with van der Waals surface area (Å²) in [5.74, 6) is 0.905. The van der Waals surface area contributed by atoms with E-state index in [4.69, 9.17) is 9.47 Å². The number of rotatable bonds is 11. The van der Waals surface area contributed by atoms with Gasteiger partial charge in [0.2, 0.25) is 17.6 Å². The summed E-state index contributed by atoms with van der Waals surface area (Å²) in [7, 11) is 0. The first kappa shape index (κ1) is 36.4. The highest BCUT2D eigenvalue weighted by Gasteiger charge is 2.30. The van der Waals surface area contributed by atoms with Crippen molar-refractivity contribution in [1.29, 1.82) is 0 Å². The molecule has 2 aliphatic rings. The van der Waals surface area contributed by atoms with Crippen molar-refractivity contribution in [1.82, 2.24) is 36.2 Å². The summed E-state index contributed by atoms with van der Waals surface area (Å²) in [5, 5.41) is 23.0. The molecule has 4 aromatic rings. The maximum absolute atomic E-state index is 13.9. The van der Waals surface area contributed by atoms with Gasteiger partial charge >= 0.3 is 6.09 Å². The van der Waals surface area contributed by atoms with Gasteiger partial charge in [0.15, 0.2) is 0 Å². The molecule has 3 amide bonds. The third kappa shape index (κ3) is 10.1. The standard InChI is InChI=1S/C38H47N9O5/c1-38(2,3)52-37(50)40-24-25-7-9-28(10-8-25)35(48)42-32(36(49)41-31-13-11-27(12-14-31)34-43-45-46-44-34)22-26-5-4-6-29(21-26)30-15-16-39-33(23-30)47-17-19-51-20-18-47/h4-6,11-16,21,23,25,28,32H,7-10,17-20,22,24H2,1-3H3,(H,40,50)(H,41,49)(H,42,48)(H,43,44,45,46). The van der Waals surface area contributed by atoms with E-state index in [-0.39, 0.29) is 23.7 Å². The molecule has 52 heavy (non-hydrogen) atoms. The van der Waals surface area contributed by atoms with Crippen LogP contribution in [0.5, 0.6) is 0 Å². The summed E-state index contributed by atoms with van der Waals surface area (Å²) in [6.07, 6.45) is 4.59. The van der Waals surface area contributed by atoms with Crippen LogP contribution in [0.3, 0.4) is 0 Å². The van der Waals surface area contributed by atoms with Crippen molar-refractivity contribution in [3.63, 3.8) is 0 Å². The van der Waals surface area contributed by atoms with E-state index in [1.807, 2.05) is 51.2 Å². The van der Waals surface area contributed by atoms with E-state index < -0.39 is 17.7 Å². The summed E-state index contributed by atoms with van der Waals surface area (Å²) >= 11 is 0. The fourth-order valence-corrected chi connectivity index (χ4v) is 6.56. The fourth-order valence-electron chi connectivity index (χ4n) is 6.56. The van der Waals surface area contributed by atoms with E-state index in [9.17, 15) is 14.4 Å². The van der Waals surface area contributed by atoms with Gasteiger partial charge in [-0.25, -0.2) is 9.78 Å². The molecule has 1 atom stereocenters. The molecule has 1 saturated heterocycles. The SMILES string of the molecule is CC(C)(C)OC(=O)NCC1CCC(C(=O)NC(Cc2cccc(-c3ccnc(N4CCOCC4)c3)c2)C(=O)Nc2ccc(-c3nn[nH]n3)cc2)CC1. The lowest BCUT2D eigenvalue weighted by Gasteiger charge is -2.29. The summed E-state index contributed by atoms with van der Waals surface area (Å²) < 4.78 is 10.9. The number of carbonyl (C=O) groups is 3. The quantitative estimate of drug-likeness (QED) is 0.170. The Balaban J connectivity index is 1.13. The minimum absolute atomic E-state index is 0.147. The number of morpholine rings is 1. The van der Waals surface area contributed by atoms with Gasteiger partial charge in [-0.05, 0) is 111 Å². The molecule has 14 nitrogen and oxygen atoms in total. The Morgan fingerprint density at radius 2 is 1.71 bits per heavy atom. The predicted molar refractivity (Wildman–Crippen MR) is 196 cm³/mol. The van der Waals surface area contributed by atoms with Crippen LogP contribution in [0, 0.1) is 11.8 Å². The monoisotopic (exact) mass is 709 g/mol. The molecule has 4 N–H and O–H groups in total. The van der Waals surface area contributed by atoms with Crippen molar-refractivity contribution in [2.75, 3.05) is 43.1 Å². The lowest BCUT2D eigenvalue weighted by molar-refractivity contribution is -0.130. The highest BCUT2D eigenvalue weighted by atomic mass is 16.6. The van der Waals surface area contributed by atoms with Gasteiger partial charge in [-0.15, -0.1) is 10.2 Å². The number of hydrogen-bond acceptors (Lipinski definition) is 10. The zero-order valence-corrected chi connectivity index (χ0v) is 29.9. The molecule has 274 valence electrons. The van der Waals surface area contributed by atoms with Crippen molar-refractivity contribution in [2.24, 2.45) is 11.8 Å². The summed E-state index contributed by atoms with van der Waals surface area (Å²) in [6, 6.07) is 18.4. The molecule has 1 aliphatic heterocycles. The number of nitrogens with zero attached hydrogens (tertiary/aromatic N) is 5. The number of tetrazole rings is 1. The number of H-pyrrole nitrogens is 1. The minimum atomic E-state index is -0.826. The molecule has 2 fully saturated rings. The average molecular weight is 710 g/mol. The maximum Gasteiger partial charge on any atom is 0.407 e. The number of aromatic amines is 1. The Bertz CT molecular complexity index is 1800. The Hall–Kier alpha value is -5.37. The van der Waals surface area contributed by atoms with Crippen LogP contribution in [0.25, 0.3) is 22.5 Å². The maximum atomic E-state index is 13.9. The number of benzene rings is 2. The zero-order valence-electron chi connectivity index (χ0n) is 29.9. The number of amides is 3. The molecular weight excluding hydrogens is 662 g/mol. The Kier molecular flexibility index (Phi) is 11.7. The van der Waals surface area contributed by atoms with Crippen molar-refractivity contribution >= 4 is 29.4 Å². The number of alkyl carbamates (subject to hydrolysis) is 1. The number of carbonyl (C=O) groups excluding carboxylic acids is 3. The first-order valence-corrected chi connectivity index (χ1v) is 17.9. The van der Waals surface area contributed by atoms with Crippen molar-refractivity contribution in [3.05, 3.63) is 72.4 Å². The van der Waals surface area contributed by atoms with Crippen LogP contribution in [0.4, 0.5) is 16.3 Å².